The molecule has 19 valence electrons. The van der Waals surface area contributed by atoms with E-state index in [-0.39, 0.29) is 40.8 Å². The van der Waals surface area contributed by atoms with Gasteiger partial charge in [-0.1, -0.05) is 0 Å². The van der Waals surface area contributed by atoms with Crippen molar-refractivity contribution in [2.24, 2.45) is 0 Å². The molecule has 0 spiro atoms. The molecule has 0 saturated carbocycles. The standard InChI is InChI=1S/C.N.O.Ti. The van der Waals surface area contributed by atoms with Gasteiger partial charge in [0.1, 0.15) is 0 Å². The first-order valence-electron chi connectivity index (χ1n) is 0. The van der Waals surface area contributed by atoms with Crippen LogP contribution in [-0.4, -0.2) is 0 Å². The molecule has 0 atom stereocenters. The number of rotatable bonds is 0. The summed E-state index contributed by atoms with van der Waals surface area (Å²) in [5.41, 5.74) is 0. The van der Waals surface area contributed by atoms with Crippen molar-refractivity contribution in [2.75, 3.05) is 0 Å². The summed E-state index contributed by atoms with van der Waals surface area (Å²) in [4.78, 5) is 0. The van der Waals surface area contributed by atoms with Crippen LogP contribution in [0.25, 0.3) is 0 Å². The summed E-state index contributed by atoms with van der Waals surface area (Å²) in [6, 6.07) is 0. The van der Waals surface area contributed by atoms with Crippen LogP contribution < -0.4 is 6.15 Å². The Balaban J connectivity index is 0. The Morgan fingerprint density at radius 1 is 1.00 bits per heavy atom. The molecule has 0 amide bonds. The zero-order valence-corrected chi connectivity index (χ0v) is 3.42. The molecule has 0 bridgehead atoms. The van der Waals surface area contributed by atoms with Gasteiger partial charge in [-0.3, -0.25) is 0 Å². The Hall–Kier alpha value is 0.634. The van der Waals surface area contributed by atoms with Gasteiger partial charge in [-0.25, -0.2) is 0 Å². The van der Waals surface area contributed by atoms with Crippen molar-refractivity contribution in [1.29, 1.82) is 0 Å². The average molecular weight is 89.9 g/mol. The third kappa shape index (κ3) is 17.5. The van der Waals surface area contributed by atoms with Crippen LogP contribution in [0.3, 0.4) is 0 Å². The van der Waals surface area contributed by atoms with Crippen LogP contribution in [0.2, 0.25) is 0 Å². The van der Waals surface area contributed by atoms with E-state index in [0.717, 1.165) is 0 Å². The van der Waals surface area contributed by atoms with E-state index in [2.05, 4.69) is 0 Å². The molecule has 0 aromatic rings. The molecule has 0 aromatic heterocycles. The van der Waals surface area contributed by atoms with E-state index >= 15 is 0 Å². The van der Waals surface area contributed by atoms with Crippen molar-refractivity contribution in [3.63, 3.8) is 0 Å². The predicted octanol–water partition coefficient (Wildman–Crippen LogP) is -0.521. The second kappa shape index (κ2) is 62.7. The zero-order valence-electron chi connectivity index (χ0n) is 1.86. The predicted molar refractivity (Wildman–Crippen MR) is 6.06 cm³/mol. The third-order valence-corrected chi connectivity index (χ3v) is 0. The van der Waals surface area contributed by atoms with Crippen molar-refractivity contribution >= 4 is 0 Å². The van der Waals surface area contributed by atoms with Crippen LogP contribution in [-0.2, 0) is 27.2 Å². The van der Waals surface area contributed by atoms with Gasteiger partial charge in [-0.05, 0) is 0 Å². The Bertz CT molecular complexity index is 8.00. The minimum Gasteiger partial charge on any atom is 0 e. The zero-order chi connectivity index (χ0) is 0. The number of nitrogens with zero attached hydrogens (tertiary/aromatic N) is 1. The summed E-state index contributed by atoms with van der Waals surface area (Å²) >= 11 is 0. The van der Waals surface area contributed by atoms with E-state index in [1.54, 1.807) is 0 Å². The first-order chi connectivity index (χ1) is 0. The quantitative estimate of drug-likeness (QED) is 0.359. The monoisotopic (exact) mass is 89.9 g/mol. The molecule has 3 heteroatoms. The summed E-state index contributed by atoms with van der Waals surface area (Å²) in [5, 5.41) is 0. The molecule has 0 aliphatic carbocycles. The van der Waals surface area contributed by atoms with Gasteiger partial charge >= 0.3 is 0 Å². The second-order valence-electron chi connectivity index (χ2n) is 0. The molecular formula is CNOTi. The maximum atomic E-state index is 0. The molecule has 2 nitrogen and oxygen atoms in total. The molecule has 0 N–H and O–H groups in total. The van der Waals surface area contributed by atoms with Crippen LogP contribution in [0.15, 0.2) is 0 Å². The van der Waals surface area contributed by atoms with Crippen molar-refractivity contribution < 1.29 is 27.2 Å². The van der Waals surface area contributed by atoms with Crippen molar-refractivity contribution in [1.82, 2.24) is 6.15 Å². The fourth-order valence-corrected chi connectivity index (χ4v) is 0. The van der Waals surface area contributed by atoms with Crippen molar-refractivity contribution in [3.8, 4) is 0 Å². The van der Waals surface area contributed by atoms with E-state index in [0.29, 0.717) is 0 Å². The van der Waals surface area contributed by atoms with Crippen LogP contribution in [0.1, 0.15) is 0 Å². The first-order valence-corrected chi connectivity index (χ1v) is 0. The molecule has 0 aliphatic heterocycles. The summed E-state index contributed by atoms with van der Waals surface area (Å²) in [6.45, 7) is 0. The van der Waals surface area contributed by atoms with E-state index in [4.69, 9.17) is 0 Å². The summed E-state index contributed by atoms with van der Waals surface area (Å²) < 4.78 is 0. The van der Waals surface area contributed by atoms with Gasteiger partial charge in [0.25, 0.3) is 0 Å². The minimum atomic E-state index is 0. The SMILES string of the molecule is [C].[N].[O].[Ti]. The van der Waals surface area contributed by atoms with E-state index in [1.165, 1.54) is 0 Å². The molecule has 0 rings (SSSR count). The molecule has 4 heavy (non-hydrogen) atoms. The van der Waals surface area contributed by atoms with Gasteiger partial charge in [0, 0.05) is 40.8 Å². The summed E-state index contributed by atoms with van der Waals surface area (Å²) in [6.07, 6.45) is 0. The minimum absolute atomic E-state index is 0. The molecule has 0 fully saturated rings. The van der Waals surface area contributed by atoms with Crippen LogP contribution in [0.4, 0.5) is 0 Å². The van der Waals surface area contributed by atoms with Crippen molar-refractivity contribution in [3.05, 3.63) is 7.43 Å². The first kappa shape index (κ1) is 152. The molecular weight excluding hydrogens is 89.9 g/mol. The average Bonchev–Trinajstić information content (AvgIpc) is 0. The third-order valence-electron chi connectivity index (χ3n) is 0. The summed E-state index contributed by atoms with van der Waals surface area (Å²) in [7, 11) is 0. The Kier molecular flexibility index (Phi) is 2380. The smallest absolute Gasteiger partial charge is 0 e. The fourth-order valence-electron chi connectivity index (χ4n) is 0. The number of hydrogen-bond donors (Lipinski definition) is 0. The second-order valence-corrected chi connectivity index (χ2v) is 0. The van der Waals surface area contributed by atoms with Gasteiger partial charge in [0.05, 0.1) is 0 Å². The Morgan fingerprint density at radius 2 is 1.00 bits per heavy atom. The van der Waals surface area contributed by atoms with Gasteiger partial charge in [-0.15, -0.1) is 0 Å². The van der Waals surface area contributed by atoms with Crippen LogP contribution >= 0.6 is 0 Å². The van der Waals surface area contributed by atoms with Gasteiger partial charge in [-0.2, -0.15) is 0 Å². The topological polar surface area (TPSA) is 59.0 Å². The molecule has 0 unspecified atom stereocenters. The van der Waals surface area contributed by atoms with Gasteiger partial charge in [0.2, 0.25) is 0 Å². The van der Waals surface area contributed by atoms with Gasteiger partial charge < -0.3 is 0 Å². The molecule has 0 aromatic carbocycles. The molecule has 0 saturated heterocycles. The van der Waals surface area contributed by atoms with E-state index in [9.17, 15) is 0 Å². The molecule has 0 aliphatic rings. The van der Waals surface area contributed by atoms with E-state index < -0.39 is 0 Å². The number of hydrogen-bond acceptors (Lipinski definition) is 0. The fraction of sp³-hybridized carbons (Fsp3) is 0. The van der Waals surface area contributed by atoms with Crippen LogP contribution in [0.5, 0.6) is 0 Å². The summed E-state index contributed by atoms with van der Waals surface area (Å²) in [5.74, 6) is 0. The van der Waals surface area contributed by atoms with Crippen LogP contribution in [0, 0.1) is 7.43 Å². The normalized spacial score (nSPS) is 0. The molecule has 0 heterocycles. The van der Waals surface area contributed by atoms with Crippen molar-refractivity contribution in [2.45, 2.75) is 0 Å². The molecule has 9 radical (unpaired) electrons. The maximum Gasteiger partial charge on any atom is 0 e. The maximum absolute atomic E-state index is 0. The van der Waals surface area contributed by atoms with Gasteiger partial charge in [0.15, 0.2) is 0 Å². The van der Waals surface area contributed by atoms with E-state index in [1.807, 2.05) is 0 Å². The Labute approximate surface area is 41.4 Å². The largest absolute Gasteiger partial charge is 0 e. The Morgan fingerprint density at radius 3 is 1.00 bits per heavy atom.